The topological polar surface area (TPSA) is 67.8 Å². The first kappa shape index (κ1) is 13.9. The first-order valence-electron chi connectivity index (χ1n) is 5.94. The number of hydrogen-bond acceptors (Lipinski definition) is 5. The number of unbranched alkanes of at least 4 members (excludes halogenated alkanes) is 1. The number of halogens is 1. The van der Waals surface area contributed by atoms with Crippen molar-refractivity contribution < 1.29 is 4.79 Å². The molecule has 0 unspecified atom stereocenters. The third kappa shape index (κ3) is 3.97. The highest BCUT2D eigenvalue weighted by Crippen LogP contribution is 2.18. The number of nitrogens with zero attached hydrogens (tertiary/aromatic N) is 3. The second kappa shape index (κ2) is 6.58. The van der Waals surface area contributed by atoms with Crippen LogP contribution in [0.15, 0.2) is 18.3 Å². The Balaban J connectivity index is 2.00. The van der Waals surface area contributed by atoms with Crippen LogP contribution in [-0.4, -0.2) is 21.1 Å². The summed E-state index contributed by atoms with van der Waals surface area (Å²) in [6.07, 6.45) is 4.56. The quantitative estimate of drug-likeness (QED) is 0.861. The van der Waals surface area contributed by atoms with Crippen LogP contribution in [0.3, 0.4) is 0 Å². The molecule has 2 heterocycles. The molecule has 0 aliphatic carbocycles. The van der Waals surface area contributed by atoms with Gasteiger partial charge in [0, 0.05) is 18.2 Å². The van der Waals surface area contributed by atoms with Gasteiger partial charge in [0.05, 0.1) is 0 Å². The van der Waals surface area contributed by atoms with Crippen molar-refractivity contribution in [3.05, 3.63) is 34.1 Å². The summed E-state index contributed by atoms with van der Waals surface area (Å²) in [6, 6.07) is 3.11. The van der Waals surface area contributed by atoms with E-state index in [1.54, 1.807) is 6.07 Å². The predicted molar refractivity (Wildman–Crippen MR) is 75.7 cm³/mol. The zero-order valence-corrected chi connectivity index (χ0v) is 12.0. The number of carbonyl (C=O) groups is 1. The first-order chi connectivity index (χ1) is 9.19. The molecule has 2 rings (SSSR count). The third-order valence-electron chi connectivity index (χ3n) is 2.42. The van der Waals surface area contributed by atoms with Crippen LogP contribution in [0.5, 0.6) is 0 Å². The van der Waals surface area contributed by atoms with E-state index in [0.29, 0.717) is 10.7 Å². The minimum Gasteiger partial charge on any atom is -0.296 e. The summed E-state index contributed by atoms with van der Waals surface area (Å²) in [6.45, 7) is 2.12. The molecular formula is C12H13ClN4OS. The summed E-state index contributed by atoms with van der Waals surface area (Å²) < 4.78 is 0. The molecule has 0 saturated heterocycles. The first-order valence-corrected chi connectivity index (χ1v) is 7.13. The molecule has 0 radical (unpaired) electrons. The average molecular weight is 297 g/mol. The van der Waals surface area contributed by atoms with Gasteiger partial charge in [0.1, 0.15) is 10.2 Å². The molecule has 7 heteroatoms. The van der Waals surface area contributed by atoms with Gasteiger partial charge in [0.2, 0.25) is 5.13 Å². The van der Waals surface area contributed by atoms with E-state index in [4.69, 9.17) is 11.6 Å². The fraction of sp³-hybridized carbons (Fsp3) is 0.333. The van der Waals surface area contributed by atoms with Crippen molar-refractivity contribution in [1.29, 1.82) is 0 Å². The van der Waals surface area contributed by atoms with Crippen molar-refractivity contribution in [2.24, 2.45) is 0 Å². The lowest BCUT2D eigenvalue weighted by Crippen LogP contribution is -2.11. The Hall–Kier alpha value is -1.53. The number of rotatable bonds is 5. The van der Waals surface area contributed by atoms with Gasteiger partial charge in [-0.05, 0) is 18.6 Å². The molecule has 1 N–H and O–H groups in total. The number of hydrogen-bond donors (Lipinski definition) is 1. The van der Waals surface area contributed by atoms with Crippen LogP contribution in [-0.2, 0) is 6.42 Å². The highest BCUT2D eigenvalue weighted by molar-refractivity contribution is 7.15. The molecule has 0 saturated carbocycles. The van der Waals surface area contributed by atoms with Gasteiger partial charge in [-0.1, -0.05) is 36.3 Å². The van der Waals surface area contributed by atoms with E-state index in [1.807, 2.05) is 0 Å². The van der Waals surface area contributed by atoms with Crippen molar-refractivity contribution >= 4 is 34.0 Å². The lowest BCUT2D eigenvalue weighted by molar-refractivity contribution is 0.102. The van der Waals surface area contributed by atoms with Gasteiger partial charge in [0.25, 0.3) is 5.91 Å². The number of carbonyl (C=O) groups excluding carboxylic acids is 1. The number of pyridine rings is 1. The van der Waals surface area contributed by atoms with Gasteiger partial charge >= 0.3 is 0 Å². The van der Waals surface area contributed by atoms with Crippen molar-refractivity contribution in [3.63, 3.8) is 0 Å². The SMILES string of the molecule is CCCCc1nnc(NC(=O)c2ccnc(Cl)c2)s1. The lowest BCUT2D eigenvalue weighted by atomic mass is 10.2. The molecule has 0 aliphatic heterocycles. The molecule has 1 amide bonds. The number of amides is 1. The molecule has 0 aromatic carbocycles. The zero-order chi connectivity index (χ0) is 13.7. The van der Waals surface area contributed by atoms with E-state index in [9.17, 15) is 4.79 Å². The highest BCUT2D eigenvalue weighted by Gasteiger charge is 2.10. The smallest absolute Gasteiger partial charge is 0.257 e. The third-order valence-corrected chi connectivity index (χ3v) is 3.53. The minimum atomic E-state index is -0.262. The van der Waals surface area contributed by atoms with Crippen LogP contribution in [0.1, 0.15) is 35.1 Å². The fourth-order valence-corrected chi connectivity index (χ4v) is 2.40. The Kier molecular flexibility index (Phi) is 4.81. The summed E-state index contributed by atoms with van der Waals surface area (Å²) in [7, 11) is 0. The van der Waals surface area contributed by atoms with Gasteiger partial charge < -0.3 is 0 Å². The van der Waals surface area contributed by atoms with Crippen molar-refractivity contribution in [1.82, 2.24) is 15.2 Å². The van der Waals surface area contributed by atoms with Crippen molar-refractivity contribution in [2.75, 3.05) is 5.32 Å². The van der Waals surface area contributed by atoms with Crippen molar-refractivity contribution in [2.45, 2.75) is 26.2 Å². The Bertz CT molecular complexity index is 572. The van der Waals surface area contributed by atoms with E-state index in [1.165, 1.54) is 23.6 Å². The summed E-state index contributed by atoms with van der Waals surface area (Å²) in [4.78, 5) is 15.8. The molecule has 100 valence electrons. The number of aryl methyl sites for hydroxylation is 1. The van der Waals surface area contributed by atoms with Gasteiger partial charge in [0.15, 0.2) is 0 Å². The Morgan fingerprint density at radius 2 is 2.32 bits per heavy atom. The molecule has 0 bridgehead atoms. The molecule has 0 fully saturated rings. The number of nitrogens with one attached hydrogen (secondary N) is 1. The van der Waals surface area contributed by atoms with Crippen LogP contribution in [0, 0.1) is 0 Å². The molecule has 2 aromatic rings. The van der Waals surface area contributed by atoms with Crippen molar-refractivity contribution in [3.8, 4) is 0 Å². The molecule has 0 atom stereocenters. The van der Waals surface area contributed by atoms with Crippen LogP contribution >= 0.6 is 22.9 Å². The Morgan fingerprint density at radius 1 is 1.47 bits per heavy atom. The minimum absolute atomic E-state index is 0.262. The van der Waals surface area contributed by atoms with Gasteiger partial charge in [-0.25, -0.2) is 4.98 Å². The maximum Gasteiger partial charge on any atom is 0.257 e. The molecule has 19 heavy (non-hydrogen) atoms. The second-order valence-electron chi connectivity index (χ2n) is 3.93. The van der Waals surface area contributed by atoms with Gasteiger partial charge in [-0.2, -0.15) is 0 Å². The van der Waals surface area contributed by atoms with E-state index >= 15 is 0 Å². The predicted octanol–water partition coefficient (Wildman–Crippen LogP) is 3.18. The fourth-order valence-electron chi connectivity index (χ4n) is 1.45. The lowest BCUT2D eigenvalue weighted by Gasteiger charge is -2.00. The Morgan fingerprint density at radius 3 is 3.05 bits per heavy atom. The standard InChI is InChI=1S/C12H13ClN4OS/c1-2-3-4-10-16-17-12(19-10)15-11(18)8-5-6-14-9(13)7-8/h5-7H,2-4H2,1H3,(H,15,17,18). The van der Waals surface area contributed by atoms with E-state index in [2.05, 4.69) is 27.4 Å². The molecule has 5 nitrogen and oxygen atoms in total. The Labute approximate surface area is 120 Å². The normalized spacial score (nSPS) is 10.4. The van der Waals surface area contributed by atoms with E-state index in [-0.39, 0.29) is 11.1 Å². The van der Waals surface area contributed by atoms with Gasteiger partial charge in [-0.15, -0.1) is 10.2 Å². The van der Waals surface area contributed by atoms with E-state index < -0.39 is 0 Å². The summed E-state index contributed by atoms with van der Waals surface area (Å²) in [5.41, 5.74) is 0.449. The van der Waals surface area contributed by atoms with Gasteiger partial charge in [-0.3, -0.25) is 10.1 Å². The zero-order valence-electron chi connectivity index (χ0n) is 10.4. The molecule has 0 spiro atoms. The monoisotopic (exact) mass is 296 g/mol. The number of anilines is 1. The molecule has 0 aliphatic rings. The summed E-state index contributed by atoms with van der Waals surface area (Å²) >= 11 is 7.13. The van der Waals surface area contributed by atoms with Crippen LogP contribution in [0.4, 0.5) is 5.13 Å². The summed E-state index contributed by atoms with van der Waals surface area (Å²) in [5.74, 6) is -0.262. The van der Waals surface area contributed by atoms with Crippen LogP contribution in [0.2, 0.25) is 5.15 Å². The largest absolute Gasteiger partial charge is 0.296 e. The highest BCUT2D eigenvalue weighted by atomic mass is 35.5. The number of aromatic nitrogens is 3. The maximum absolute atomic E-state index is 11.9. The summed E-state index contributed by atoms with van der Waals surface area (Å²) in [5, 5.41) is 12.4. The molecule has 2 aromatic heterocycles. The van der Waals surface area contributed by atoms with E-state index in [0.717, 1.165) is 24.3 Å². The van der Waals surface area contributed by atoms with Crippen LogP contribution < -0.4 is 5.32 Å². The van der Waals surface area contributed by atoms with Crippen LogP contribution in [0.25, 0.3) is 0 Å². The second-order valence-corrected chi connectivity index (χ2v) is 5.38. The molecular weight excluding hydrogens is 284 g/mol. The maximum atomic E-state index is 11.9. The average Bonchev–Trinajstić information content (AvgIpc) is 2.84.